The first-order valence-corrected chi connectivity index (χ1v) is 8.97. The summed E-state index contributed by atoms with van der Waals surface area (Å²) in [6.07, 6.45) is 4.73. The summed E-state index contributed by atoms with van der Waals surface area (Å²) in [6, 6.07) is 16.6. The van der Waals surface area contributed by atoms with Crippen molar-refractivity contribution < 1.29 is 14.2 Å². The molecule has 25 heavy (non-hydrogen) atoms. The molecule has 2 aromatic carbocycles. The average Bonchev–Trinajstić information content (AvgIpc) is 2.69. The Bertz CT molecular complexity index is 653. The van der Waals surface area contributed by atoms with Gasteiger partial charge >= 0.3 is 0 Å². The van der Waals surface area contributed by atoms with Gasteiger partial charge in [-0.15, -0.1) is 0 Å². The number of piperidine rings is 1. The predicted octanol–water partition coefficient (Wildman–Crippen LogP) is 4.36. The van der Waals surface area contributed by atoms with Gasteiger partial charge in [-0.1, -0.05) is 36.8 Å². The molecule has 2 atom stereocenters. The molecule has 1 N–H and O–H groups in total. The van der Waals surface area contributed by atoms with Crippen LogP contribution in [0.1, 0.15) is 37.4 Å². The van der Waals surface area contributed by atoms with Gasteiger partial charge in [-0.2, -0.15) is 0 Å². The highest BCUT2D eigenvalue weighted by molar-refractivity contribution is 5.45. The first-order valence-electron chi connectivity index (χ1n) is 8.97. The fourth-order valence-electron chi connectivity index (χ4n) is 3.36. The molecule has 0 aromatic heterocycles. The van der Waals surface area contributed by atoms with E-state index in [4.69, 9.17) is 14.2 Å². The quantitative estimate of drug-likeness (QED) is 0.812. The highest BCUT2D eigenvalue weighted by atomic mass is 16.5. The number of methoxy groups -OCH3 is 2. The van der Waals surface area contributed by atoms with E-state index in [1.165, 1.54) is 24.8 Å². The highest BCUT2D eigenvalue weighted by Crippen LogP contribution is 2.34. The molecule has 3 rings (SSSR count). The van der Waals surface area contributed by atoms with Gasteiger partial charge in [-0.05, 0) is 37.1 Å². The van der Waals surface area contributed by atoms with E-state index in [0.29, 0.717) is 17.5 Å². The molecule has 1 heterocycles. The van der Waals surface area contributed by atoms with Crippen molar-refractivity contribution in [1.82, 2.24) is 5.32 Å². The van der Waals surface area contributed by atoms with E-state index in [-0.39, 0.29) is 6.10 Å². The summed E-state index contributed by atoms with van der Waals surface area (Å²) in [6.45, 7) is 1.10. The van der Waals surface area contributed by atoms with Gasteiger partial charge in [0.15, 0.2) is 11.5 Å². The van der Waals surface area contributed by atoms with Crippen LogP contribution in [0.25, 0.3) is 0 Å². The molecule has 1 saturated heterocycles. The monoisotopic (exact) mass is 341 g/mol. The van der Waals surface area contributed by atoms with E-state index in [2.05, 4.69) is 29.6 Å². The molecule has 4 nitrogen and oxygen atoms in total. The summed E-state index contributed by atoms with van der Waals surface area (Å²) >= 11 is 0. The minimum atomic E-state index is 0.00917. The standard InChI is InChI=1S/C21H27NO3/c1-23-19-12-11-18(15-21(19)24-2)25-20(16-8-4-3-5-9-16)14-17-10-6-7-13-22-17/h3-5,8-9,11-12,15,17,20,22H,6-7,10,13-14H2,1-2H3. The summed E-state index contributed by atoms with van der Waals surface area (Å²) in [5.41, 5.74) is 1.20. The number of rotatable bonds is 7. The van der Waals surface area contributed by atoms with Crippen LogP contribution in [0.15, 0.2) is 48.5 Å². The smallest absolute Gasteiger partial charge is 0.164 e. The van der Waals surface area contributed by atoms with Crippen LogP contribution in [-0.4, -0.2) is 26.8 Å². The van der Waals surface area contributed by atoms with Crippen molar-refractivity contribution in [1.29, 1.82) is 0 Å². The van der Waals surface area contributed by atoms with Crippen LogP contribution in [0.2, 0.25) is 0 Å². The highest BCUT2D eigenvalue weighted by Gasteiger charge is 2.21. The van der Waals surface area contributed by atoms with Gasteiger partial charge in [0, 0.05) is 18.5 Å². The van der Waals surface area contributed by atoms with Crippen molar-refractivity contribution >= 4 is 0 Å². The molecule has 1 aliphatic rings. The van der Waals surface area contributed by atoms with Crippen molar-refractivity contribution in [3.8, 4) is 17.2 Å². The lowest BCUT2D eigenvalue weighted by Gasteiger charge is -2.28. The molecule has 0 aliphatic carbocycles. The summed E-state index contributed by atoms with van der Waals surface area (Å²) in [5.74, 6) is 2.19. The maximum atomic E-state index is 6.37. The molecule has 0 radical (unpaired) electrons. The first-order chi connectivity index (χ1) is 12.3. The second-order valence-electron chi connectivity index (χ2n) is 6.42. The van der Waals surface area contributed by atoms with Crippen LogP contribution < -0.4 is 19.5 Å². The summed E-state index contributed by atoms with van der Waals surface area (Å²) in [5, 5.41) is 3.62. The molecule has 134 valence electrons. The van der Waals surface area contributed by atoms with Gasteiger partial charge in [-0.25, -0.2) is 0 Å². The zero-order valence-corrected chi connectivity index (χ0v) is 15.0. The van der Waals surface area contributed by atoms with Crippen LogP contribution in [0, 0.1) is 0 Å². The number of nitrogens with one attached hydrogen (secondary N) is 1. The second kappa shape index (κ2) is 8.77. The fraction of sp³-hybridized carbons (Fsp3) is 0.429. The number of hydrogen-bond acceptors (Lipinski definition) is 4. The third kappa shape index (κ3) is 4.67. The number of hydrogen-bond donors (Lipinski definition) is 1. The molecular weight excluding hydrogens is 314 g/mol. The van der Waals surface area contributed by atoms with Crippen molar-refractivity contribution in [2.75, 3.05) is 20.8 Å². The maximum Gasteiger partial charge on any atom is 0.164 e. The Kier molecular flexibility index (Phi) is 6.18. The van der Waals surface area contributed by atoms with Gasteiger partial charge < -0.3 is 19.5 Å². The van der Waals surface area contributed by atoms with E-state index in [9.17, 15) is 0 Å². The van der Waals surface area contributed by atoms with Crippen LogP contribution in [0.3, 0.4) is 0 Å². The molecule has 1 aliphatic heterocycles. The zero-order valence-electron chi connectivity index (χ0n) is 15.0. The van der Waals surface area contributed by atoms with E-state index >= 15 is 0 Å². The lowest BCUT2D eigenvalue weighted by Crippen LogP contribution is -2.36. The largest absolute Gasteiger partial charge is 0.493 e. The summed E-state index contributed by atoms with van der Waals surface area (Å²) in [4.78, 5) is 0. The lowest BCUT2D eigenvalue weighted by atomic mass is 9.96. The van der Waals surface area contributed by atoms with Crippen molar-refractivity contribution in [3.63, 3.8) is 0 Å². The number of ether oxygens (including phenoxy) is 3. The Morgan fingerprint density at radius 3 is 2.48 bits per heavy atom. The molecule has 2 aromatic rings. The van der Waals surface area contributed by atoms with Crippen LogP contribution in [0.4, 0.5) is 0 Å². The van der Waals surface area contributed by atoms with Gasteiger partial charge in [0.2, 0.25) is 0 Å². The molecule has 2 unspecified atom stereocenters. The fourth-order valence-corrected chi connectivity index (χ4v) is 3.36. The van der Waals surface area contributed by atoms with Gasteiger partial charge in [0.05, 0.1) is 14.2 Å². The normalized spacial score (nSPS) is 18.4. The SMILES string of the molecule is COc1ccc(OC(CC2CCCCN2)c2ccccc2)cc1OC. The Morgan fingerprint density at radius 1 is 1.00 bits per heavy atom. The molecule has 0 bridgehead atoms. The lowest BCUT2D eigenvalue weighted by molar-refractivity contribution is 0.168. The summed E-state index contributed by atoms with van der Waals surface area (Å²) < 4.78 is 17.1. The Labute approximate surface area is 150 Å². The maximum absolute atomic E-state index is 6.37. The Hall–Kier alpha value is -2.20. The first kappa shape index (κ1) is 17.6. The van der Waals surface area contributed by atoms with Gasteiger partial charge in [0.25, 0.3) is 0 Å². The molecule has 0 saturated carbocycles. The molecular formula is C21H27NO3. The summed E-state index contributed by atoms with van der Waals surface area (Å²) in [7, 11) is 3.28. The predicted molar refractivity (Wildman–Crippen MR) is 99.6 cm³/mol. The average molecular weight is 341 g/mol. The third-order valence-corrected chi connectivity index (χ3v) is 4.72. The van der Waals surface area contributed by atoms with Crippen LogP contribution >= 0.6 is 0 Å². The molecule has 0 amide bonds. The molecule has 4 heteroatoms. The zero-order chi connectivity index (χ0) is 17.5. The minimum absolute atomic E-state index is 0.00917. The van der Waals surface area contributed by atoms with Gasteiger partial charge in [-0.3, -0.25) is 0 Å². The van der Waals surface area contributed by atoms with Crippen LogP contribution in [0.5, 0.6) is 17.2 Å². The Morgan fingerprint density at radius 2 is 1.80 bits per heavy atom. The van der Waals surface area contributed by atoms with E-state index in [1.54, 1.807) is 14.2 Å². The van der Waals surface area contributed by atoms with E-state index in [0.717, 1.165) is 18.7 Å². The second-order valence-corrected chi connectivity index (χ2v) is 6.42. The molecule has 0 spiro atoms. The topological polar surface area (TPSA) is 39.7 Å². The van der Waals surface area contributed by atoms with Crippen molar-refractivity contribution in [3.05, 3.63) is 54.1 Å². The van der Waals surface area contributed by atoms with Crippen LogP contribution in [-0.2, 0) is 0 Å². The minimum Gasteiger partial charge on any atom is -0.493 e. The third-order valence-electron chi connectivity index (χ3n) is 4.72. The van der Waals surface area contributed by atoms with E-state index < -0.39 is 0 Å². The van der Waals surface area contributed by atoms with E-state index in [1.807, 2.05) is 24.3 Å². The number of benzene rings is 2. The van der Waals surface area contributed by atoms with Gasteiger partial charge in [0.1, 0.15) is 11.9 Å². The van der Waals surface area contributed by atoms with Crippen molar-refractivity contribution in [2.45, 2.75) is 37.8 Å². The Balaban J connectivity index is 1.79. The molecule has 1 fully saturated rings. The van der Waals surface area contributed by atoms with Crippen molar-refractivity contribution in [2.24, 2.45) is 0 Å².